The molecule has 1 aromatic heterocycles. The predicted octanol–water partition coefficient (Wildman–Crippen LogP) is 2.15. The van der Waals surface area contributed by atoms with Gasteiger partial charge in [-0.15, -0.1) is 0 Å². The highest BCUT2D eigenvalue weighted by Crippen LogP contribution is 2.34. The van der Waals surface area contributed by atoms with Gasteiger partial charge in [0, 0.05) is 13.1 Å². The molecule has 0 amide bonds. The van der Waals surface area contributed by atoms with Crippen LogP contribution in [0, 0.1) is 9.49 Å². The first kappa shape index (κ1) is 13.6. The highest BCUT2D eigenvalue weighted by molar-refractivity contribution is 14.1. The summed E-state index contributed by atoms with van der Waals surface area (Å²) in [6, 6.07) is 0. The van der Waals surface area contributed by atoms with Crippen LogP contribution < -0.4 is 10.5 Å². The number of H-pyrrole nitrogens is 1. The van der Waals surface area contributed by atoms with Crippen LogP contribution in [-0.2, 0) is 0 Å². The van der Waals surface area contributed by atoms with E-state index >= 15 is 0 Å². The molecule has 0 radical (unpaired) electrons. The largest absolute Gasteiger partial charge is 0.393 e. The molecule has 0 saturated carbocycles. The Hall–Kier alpha value is -0.800. The summed E-state index contributed by atoms with van der Waals surface area (Å²) in [7, 11) is 0. The van der Waals surface area contributed by atoms with Crippen LogP contribution in [0.25, 0.3) is 0 Å². The number of nitrogens with zero attached hydrogens (tertiary/aromatic N) is 2. The molecule has 1 N–H and O–H groups in total. The van der Waals surface area contributed by atoms with E-state index in [0.29, 0.717) is 22.4 Å². The zero-order chi connectivity index (χ0) is 13.3. The molecule has 1 unspecified atom stereocenters. The third-order valence-corrected chi connectivity index (χ3v) is 3.93. The average Bonchev–Trinajstić information content (AvgIpc) is 2.32. The Kier molecular flexibility index (Phi) is 3.83. The third kappa shape index (κ3) is 2.78. The summed E-state index contributed by atoms with van der Waals surface area (Å²) in [5.74, 6) is -1.00. The highest BCUT2D eigenvalue weighted by Gasteiger charge is 2.42. The van der Waals surface area contributed by atoms with E-state index in [1.54, 1.807) is 27.5 Å². The van der Waals surface area contributed by atoms with Gasteiger partial charge in [-0.05, 0) is 35.4 Å². The fraction of sp³-hybridized carbons (Fsp3) is 0.600. The van der Waals surface area contributed by atoms with E-state index in [1.165, 1.54) is 6.33 Å². The minimum atomic E-state index is -4.19. The smallest absolute Gasteiger partial charge is 0.355 e. The Balaban J connectivity index is 2.24. The molecule has 0 aliphatic carbocycles. The average molecular weight is 373 g/mol. The number of alkyl halides is 3. The monoisotopic (exact) mass is 373 g/mol. The number of anilines is 1. The van der Waals surface area contributed by atoms with E-state index < -0.39 is 12.1 Å². The maximum atomic E-state index is 12.7. The van der Waals surface area contributed by atoms with Gasteiger partial charge < -0.3 is 9.88 Å². The van der Waals surface area contributed by atoms with Crippen LogP contribution in [0.15, 0.2) is 11.1 Å². The molecule has 1 saturated heterocycles. The lowest BCUT2D eigenvalue weighted by atomic mass is 9.97. The van der Waals surface area contributed by atoms with Crippen molar-refractivity contribution in [2.75, 3.05) is 18.0 Å². The lowest BCUT2D eigenvalue weighted by Gasteiger charge is -2.34. The zero-order valence-corrected chi connectivity index (χ0v) is 11.5. The van der Waals surface area contributed by atoms with E-state index in [9.17, 15) is 18.0 Å². The van der Waals surface area contributed by atoms with E-state index in [0.717, 1.165) is 0 Å². The summed E-state index contributed by atoms with van der Waals surface area (Å²) >= 11 is 1.81. The first-order chi connectivity index (χ1) is 8.39. The Morgan fingerprint density at radius 3 is 2.89 bits per heavy atom. The van der Waals surface area contributed by atoms with Crippen LogP contribution in [0.1, 0.15) is 12.8 Å². The minimum Gasteiger partial charge on any atom is -0.355 e. The van der Waals surface area contributed by atoms with E-state index in [1.807, 2.05) is 0 Å². The van der Waals surface area contributed by atoms with Crippen molar-refractivity contribution >= 4 is 28.4 Å². The van der Waals surface area contributed by atoms with Crippen molar-refractivity contribution in [2.24, 2.45) is 5.92 Å². The van der Waals surface area contributed by atoms with Crippen LogP contribution in [-0.4, -0.2) is 29.2 Å². The first-order valence-corrected chi connectivity index (χ1v) is 6.52. The molecule has 2 rings (SSSR count). The van der Waals surface area contributed by atoms with Crippen molar-refractivity contribution in [1.82, 2.24) is 9.97 Å². The number of piperidine rings is 1. The van der Waals surface area contributed by atoms with Crippen molar-refractivity contribution in [1.29, 1.82) is 0 Å². The van der Waals surface area contributed by atoms with Gasteiger partial charge in [-0.3, -0.25) is 4.79 Å². The van der Waals surface area contributed by atoms with Crippen molar-refractivity contribution < 1.29 is 13.2 Å². The summed E-state index contributed by atoms with van der Waals surface area (Å²) in [6.45, 7) is 0.370. The van der Waals surface area contributed by atoms with Crippen molar-refractivity contribution in [2.45, 2.75) is 19.0 Å². The molecule has 0 aromatic carbocycles. The quantitative estimate of drug-likeness (QED) is 0.768. The van der Waals surface area contributed by atoms with Gasteiger partial charge in [0.15, 0.2) is 0 Å². The fourth-order valence-corrected chi connectivity index (χ4v) is 2.67. The maximum absolute atomic E-state index is 12.7. The number of halogens is 4. The Morgan fingerprint density at radius 2 is 2.22 bits per heavy atom. The van der Waals surface area contributed by atoms with Gasteiger partial charge in [0.1, 0.15) is 9.39 Å². The normalized spacial score (nSPS) is 21.1. The van der Waals surface area contributed by atoms with E-state index in [4.69, 9.17) is 0 Å². The summed E-state index contributed by atoms with van der Waals surface area (Å²) in [5, 5.41) is 0. The lowest BCUT2D eigenvalue weighted by Crippen LogP contribution is -2.43. The van der Waals surface area contributed by atoms with Gasteiger partial charge in [0.05, 0.1) is 12.2 Å². The molecular weight excluding hydrogens is 362 g/mol. The number of aromatic nitrogens is 2. The molecule has 1 aliphatic heterocycles. The summed E-state index contributed by atoms with van der Waals surface area (Å²) in [5.41, 5.74) is -0.324. The Bertz CT molecular complexity index is 488. The van der Waals surface area contributed by atoms with Gasteiger partial charge in [-0.1, -0.05) is 0 Å². The van der Waals surface area contributed by atoms with Crippen LogP contribution in [0.2, 0.25) is 0 Å². The maximum Gasteiger partial charge on any atom is 0.393 e. The zero-order valence-electron chi connectivity index (χ0n) is 9.30. The third-order valence-electron chi connectivity index (χ3n) is 2.96. The summed E-state index contributed by atoms with van der Waals surface area (Å²) in [4.78, 5) is 19.3. The van der Waals surface area contributed by atoms with Gasteiger partial charge in [0.25, 0.3) is 5.56 Å². The predicted molar refractivity (Wildman–Crippen MR) is 68.6 cm³/mol. The molecule has 4 nitrogen and oxygen atoms in total. The second kappa shape index (κ2) is 5.06. The van der Waals surface area contributed by atoms with E-state index in [-0.39, 0.29) is 18.5 Å². The molecule has 1 aliphatic rings. The number of hydrogen-bond donors (Lipinski definition) is 1. The molecule has 1 aromatic rings. The summed E-state index contributed by atoms with van der Waals surface area (Å²) < 4.78 is 38.4. The molecule has 1 fully saturated rings. The van der Waals surface area contributed by atoms with Gasteiger partial charge in [-0.2, -0.15) is 13.2 Å². The number of hydrogen-bond acceptors (Lipinski definition) is 3. The van der Waals surface area contributed by atoms with Gasteiger partial charge in [0.2, 0.25) is 0 Å². The molecule has 18 heavy (non-hydrogen) atoms. The van der Waals surface area contributed by atoms with Crippen LogP contribution in [0.4, 0.5) is 19.0 Å². The topological polar surface area (TPSA) is 49.0 Å². The standard InChI is InChI=1S/C10H11F3IN3O/c11-10(12,13)6-2-1-3-17(4-6)8-7(14)9(18)16-5-15-8/h5-6H,1-4H2,(H,15,16,18). The first-order valence-electron chi connectivity index (χ1n) is 5.44. The van der Waals surface area contributed by atoms with Crippen molar-refractivity contribution in [3.8, 4) is 0 Å². The molecule has 2 heterocycles. The highest BCUT2D eigenvalue weighted by atomic mass is 127. The molecule has 0 bridgehead atoms. The molecule has 100 valence electrons. The second-order valence-electron chi connectivity index (χ2n) is 4.20. The minimum absolute atomic E-state index is 0.129. The van der Waals surface area contributed by atoms with Crippen LogP contribution in [0.3, 0.4) is 0 Å². The SMILES string of the molecule is O=c1[nH]cnc(N2CCCC(C(F)(F)F)C2)c1I. The molecule has 8 heteroatoms. The Labute approximate surface area is 115 Å². The van der Waals surface area contributed by atoms with Crippen molar-refractivity contribution in [3.05, 3.63) is 20.3 Å². The Morgan fingerprint density at radius 1 is 1.50 bits per heavy atom. The van der Waals surface area contributed by atoms with Crippen molar-refractivity contribution in [3.63, 3.8) is 0 Å². The molecule has 1 atom stereocenters. The number of nitrogens with one attached hydrogen (secondary N) is 1. The summed E-state index contributed by atoms with van der Waals surface area (Å²) in [6.07, 6.45) is -2.38. The van der Waals surface area contributed by atoms with Gasteiger partial charge >= 0.3 is 6.18 Å². The molecule has 0 spiro atoms. The van der Waals surface area contributed by atoms with Gasteiger partial charge in [-0.25, -0.2) is 4.98 Å². The van der Waals surface area contributed by atoms with E-state index in [2.05, 4.69) is 9.97 Å². The molecular formula is C10H11F3IN3O. The van der Waals surface area contributed by atoms with Crippen LogP contribution in [0.5, 0.6) is 0 Å². The second-order valence-corrected chi connectivity index (χ2v) is 5.27. The number of rotatable bonds is 1. The fourth-order valence-electron chi connectivity index (χ4n) is 2.03. The lowest BCUT2D eigenvalue weighted by molar-refractivity contribution is -0.176. The van der Waals surface area contributed by atoms with Crippen LogP contribution >= 0.6 is 22.6 Å². The number of aromatic amines is 1.